The van der Waals surface area contributed by atoms with E-state index in [0.717, 1.165) is 13.0 Å². The minimum absolute atomic E-state index is 0.0484. The zero-order valence-corrected chi connectivity index (χ0v) is 12.4. The fraction of sp³-hybridized carbons (Fsp3) is 0.643. The first-order valence-electron chi connectivity index (χ1n) is 6.57. The lowest BCUT2D eigenvalue weighted by Gasteiger charge is -2.25. The normalized spacial score (nSPS) is 24.3. The smallest absolute Gasteiger partial charge is 0.241 e. The van der Waals surface area contributed by atoms with Crippen LogP contribution < -0.4 is 5.32 Å². The molecule has 4 heteroatoms. The molecule has 1 aliphatic heterocycles. The molecule has 1 aromatic heterocycles. The standard InChI is InChI=1S/C14H22N2OS/c1-9(2)5-13-15-11(4)14(17)16(13)6-12-8-18-7-10(12)3/h7-9,11,13,15H,5-6H2,1-4H3. The maximum Gasteiger partial charge on any atom is 0.241 e. The van der Waals surface area contributed by atoms with E-state index in [4.69, 9.17) is 0 Å². The highest BCUT2D eigenvalue weighted by Gasteiger charge is 2.36. The molecule has 1 fully saturated rings. The van der Waals surface area contributed by atoms with Gasteiger partial charge in [0.2, 0.25) is 5.91 Å². The number of carbonyl (C=O) groups is 1. The van der Waals surface area contributed by atoms with E-state index in [1.54, 1.807) is 11.3 Å². The molecule has 0 aliphatic carbocycles. The summed E-state index contributed by atoms with van der Waals surface area (Å²) in [5.74, 6) is 0.818. The second-order valence-electron chi connectivity index (χ2n) is 5.58. The van der Waals surface area contributed by atoms with Gasteiger partial charge in [-0.1, -0.05) is 13.8 Å². The lowest BCUT2D eigenvalue weighted by molar-refractivity contribution is -0.130. The third kappa shape index (κ3) is 2.75. The van der Waals surface area contributed by atoms with Gasteiger partial charge in [-0.25, -0.2) is 0 Å². The molecule has 18 heavy (non-hydrogen) atoms. The molecule has 2 unspecified atom stereocenters. The van der Waals surface area contributed by atoms with Gasteiger partial charge in [0.05, 0.1) is 12.2 Å². The van der Waals surface area contributed by atoms with Crippen molar-refractivity contribution >= 4 is 17.2 Å². The van der Waals surface area contributed by atoms with Gasteiger partial charge in [-0.2, -0.15) is 11.3 Å². The van der Waals surface area contributed by atoms with Crippen molar-refractivity contribution in [2.75, 3.05) is 0 Å². The molecule has 1 saturated heterocycles. The van der Waals surface area contributed by atoms with Gasteiger partial charge in [0.1, 0.15) is 0 Å². The molecule has 0 radical (unpaired) electrons. The third-order valence-electron chi connectivity index (χ3n) is 3.47. The summed E-state index contributed by atoms with van der Waals surface area (Å²) < 4.78 is 0. The number of thiophene rings is 1. The molecule has 1 N–H and O–H groups in total. The van der Waals surface area contributed by atoms with Crippen LogP contribution in [0.25, 0.3) is 0 Å². The number of rotatable bonds is 4. The number of nitrogens with one attached hydrogen (secondary N) is 1. The summed E-state index contributed by atoms with van der Waals surface area (Å²) in [6.07, 6.45) is 1.20. The van der Waals surface area contributed by atoms with Crippen molar-refractivity contribution in [3.63, 3.8) is 0 Å². The molecule has 2 heterocycles. The highest BCUT2D eigenvalue weighted by atomic mass is 32.1. The maximum atomic E-state index is 12.2. The second-order valence-corrected chi connectivity index (χ2v) is 6.32. The first kappa shape index (κ1) is 13.6. The first-order chi connectivity index (χ1) is 8.49. The lowest BCUT2D eigenvalue weighted by Crippen LogP contribution is -2.38. The molecule has 0 saturated carbocycles. The van der Waals surface area contributed by atoms with E-state index < -0.39 is 0 Å². The first-order valence-corrected chi connectivity index (χ1v) is 7.51. The molecule has 1 amide bonds. The molecule has 0 bridgehead atoms. The van der Waals surface area contributed by atoms with Gasteiger partial charge in [0.15, 0.2) is 0 Å². The Morgan fingerprint density at radius 3 is 2.72 bits per heavy atom. The Bertz CT molecular complexity index is 427. The van der Waals surface area contributed by atoms with Gasteiger partial charge in [-0.05, 0) is 48.1 Å². The van der Waals surface area contributed by atoms with Crippen LogP contribution in [0.2, 0.25) is 0 Å². The molecule has 1 aliphatic rings. The van der Waals surface area contributed by atoms with Crippen LogP contribution in [-0.4, -0.2) is 23.0 Å². The minimum Gasteiger partial charge on any atom is -0.321 e. The Morgan fingerprint density at radius 2 is 2.17 bits per heavy atom. The fourth-order valence-corrected chi connectivity index (χ4v) is 3.26. The van der Waals surface area contributed by atoms with Crippen molar-refractivity contribution in [1.82, 2.24) is 10.2 Å². The number of nitrogens with zero attached hydrogens (tertiary/aromatic N) is 1. The van der Waals surface area contributed by atoms with Gasteiger partial charge in [0, 0.05) is 6.54 Å². The predicted molar refractivity (Wildman–Crippen MR) is 75.4 cm³/mol. The summed E-state index contributed by atoms with van der Waals surface area (Å²) in [7, 11) is 0. The van der Waals surface area contributed by atoms with Crippen molar-refractivity contribution in [1.29, 1.82) is 0 Å². The number of hydrogen-bond acceptors (Lipinski definition) is 3. The van der Waals surface area contributed by atoms with E-state index >= 15 is 0 Å². The Hall–Kier alpha value is -0.870. The highest BCUT2D eigenvalue weighted by Crippen LogP contribution is 2.23. The monoisotopic (exact) mass is 266 g/mol. The summed E-state index contributed by atoms with van der Waals surface area (Å²) in [4.78, 5) is 14.2. The maximum absolute atomic E-state index is 12.2. The highest BCUT2D eigenvalue weighted by molar-refractivity contribution is 7.08. The van der Waals surface area contributed by atoms with Crippen molar-refractivity contribution in [3.8, 4) is 0 Å². The average molecular weight is 266 g/mol. The quantitative estimate of drug-likeness (QED) is 0.909. The molecule has 0 aromatic carbocycles. The van der Waals surface area contributed by atoms with Gasteiger partial charge in [-0.15, -0.1) is 0 Å². The van der Waals surface area contributed by atoms with Gasteiger partial charge >= 0.3 is 0 Å². The number of hydrogen-bond donors (Lipinski definition) is 1. The van der Waals surface area contributed by atoms with E-state index in [2.05, 4.69) is 36.8 Å². The Labute approximate surface area is 113 Å². The lowest BCUT2D eigenvalue weighted by atomic mass is 10.1. The zero-order valence-electron chi connectivity index (χ0n) is 11.6. The number of aryl methyl sites for hydroxylation is 1. The summed E-state index contributed by atoms with van der Waals surface area (Å²) in [6, 6.07) is -0.0484. The molecular weight excluding hydrogens is 244 g/mol. The van der Waals surface area contributed by atoms with Crippen LogP contribution in [-0.2, 0) is 11.3 Å². The zero-order chi connectivity index (χ0) is 13.3. The largest absolute Gasteiger partial charge is 0.321 e. The summed E-state index contributed by atoms with van der Waals surface area (Å²) in [5, 5.41) is 7.69. The molecule has 2 atom stereocenters. The van der Waals surface area contributed by atoms with Crippen molar-refractivity contribution < 1.29 is 4.79 Å². The molecule has 1 aromatic rings. The molecular formula is C14H22N2OS. The SMILES string of the molecule is Cc1cscc1CN1C(=O)C(C)NC1CC(C)C. The van der Waals surface area contributed by atoms with Crippen LogP contribution in [0, 0.1) is 12.8 Å². The Balaban J connectivity index is 2.12. The van der Waals surface area contributed by atoms with E-state index in [1.165, 1.54) is 11.1 Å². The van der Waals surface area contributed by atoms with Crippen molar-refractivity contribution in [3.05, 3.63) is 21.9 Å². The van der Waals surface area contributed by atoms with E-state index in [9.17, 15) is 4.79 Å². The average Bonchev–Trinajstić information content (AvgIpc) is 2.78. The van der Waals surface area contributed by atoms with Gasteiger partial charge in [0.25, 0.3) is 0 Å². The third-order valence-corrected chi connectivity index (χ3v) is 4.38. The van der Waals surface area contributed by atoms with Crippen LogP contribution in [0.1, 0.15) is 38.3 Å². The predicted octanol–water partition coefficient (Wildman–Crippen LogP) is 2.75. The van der Waals surface area contributed by atoms with E-state index in [-0.39, 0.29) is 18.1 Å². The molecule has 3 nitrogen and oxygen atoms in total. The number of amides is 1. The summed E-state index contributed by atoms with van der Waals surface area (Å²) >= 11 is 1.71. The van der Waals surface area contributed by atoms with Crippen LogP contribution in [0.5, 0.6) is 0 Å². The van der Waals surface area contributed by atoms with Crippen LogP contribution in [0.4, 0.5) is 0 Å². The minimum atomic E-state index is -0.0484. The van der Waals surface area contributed by atoms with Crippen molar-refractivity contribution in [2.45, 2.75) is 52.9 Å². The summed E-state index contributed by atoms with van der Waals surface area (Å²) in [6.45, 7) is 9.20. The molecule has 2 rings (SSSR count). The van der Waals surface area contributed by atoms with Gasteiger partial charge < -0.3 is 4.90 Å². The topological polar surface area (TPSA) is 32.3 Å². The van der Waals surface area contributed by atoms with E-state index in [1.807, 2.05) is 11.8 Å². The van der Waals surface area contributed by atoms with E-state index in [0.29, 0.717) is 5.92 Å². The van der Waals surface area contributed by atoms with Crippen molar-refractivity contribution in [2.24, 2.45) is 5.92 Å². The van der Waals surface area contributed by atoms with Crippen LogP contribution in [0.15, 0.2) is 10.8 Å². The summed E-state index contributed by atoms with van der Waals surface area (Å²) in [5.41, 5.74) is 2.56. The number of carbonyl (C=O) groups excluding carboxylic acids is 1. The van der Waals surface area contributed by atoms with Crippen LogP contribution in [0.3, 0.4) is 0 Å². The Kier molecular flexibility index (Phi) is 4.07. The van der Waals surface area contributed by atoms with Gasteiger partial charge in [-0.3, -0.25) is 10.1 Å². The fourth-order valence-electron chi connectivity index (χ4n) is 2.41. The second kappa shape index (κ2) is 5.41. The molecule has 0 spiro atoms. The molecule has 100 valence electrons. The van der Waals surface area contributed by atoms with Crippen LogP contribution >= 0.6 is 11.3 Å². The Morgan fingerprint density at radius 1 is 1.44 bits per heavy atom.